The number of aromatic carboxylic acids is 1. The van der Waals surface area contributed by atoms with Crippen LogP contribution in [0.25, 0.3) is 0 Å². The first kappa shape index (κ1) is 19.8. The third-order valence-electron chi connectivity index (χ3n) is 6.49. The zero-order valence-corrected chi connectivity index (χ0v) is 17.1. The van der Waals surface area contributed by atoms with Crippen LogP contribution in [-0.4, -0.2) is 35.2 Å². The van der Waals surface area contributed by atoms with Gasteiger partial charge in [-0.05, 0) is 60.9 Å². The summed E-state index contributed by atoms with van der Waals surface area (Å²) in [5.74, 6) is -1.57. The Hall–Kier alpha value is -2.18. The van der Waals surface area contributed by atoms with E-state index in [-0.39, 0.29) is 28.8 Å². The topological polar surface area (TPSA) is 49.8 Å². The third kappa shape index (κ3) is 3.67. The molecule has 2 aromatic rings. The van der Waals surface area contributed by atoms with Gasteiger partial charge in [-0.1, -0.05) is 17.7 Å². The van der Waals surface area contributed by atoms with E-state index in [1.54, 1.807) is 6.07 Å². The molecular formula is C23H22ClF2NO3. The van der Waals surface area contributed by atoms with E-state index in [4.69, 9.17) is 16.3 Å². The maximum atomic E-state index is 14.2. The monoisotopic (exact) mass is 433 g/mol. The van der Waals surface area contributed by atoms with E-state index in [1.165, 1.54) is 24.3 Å². The Labute approximate surface area is 178 Å². The van der Waals surface area contributed by atoms with E-state index in [0.29, 0.717) is 17.3 Å². The number of carbonyl (C=O) groups is 1. The standard InChI is InChI=1S/C23H22ClF2NO3/c24-19-5-15(25)4-3-14(19)10-27-11-23(12-27)8-16(9-23)30-21-7-20(26)18(22(28)29)6-17(21)13-1-2-13/h3-7,13,16H,1-2,8-12H2,(H,28,29). The van der Waals surface area contributed by atoms with Gasteiger partial charge in [0, 0.05) is 36.1 Å². The summed E-state index contributed by atoms with van der Waals surface area (Å²) in [5.41, 5.74) is 1.67. The highest BCUT2D eigenvalue weighted by molar-refractivity contribution is 6.31. The molecule has 3 fully saturated rings. The van der Waals surface area contributed by atoms with Gasteiger partial charge in [0.25, 0.3) is 0 Å². The third-order valence-corrected chi connectivity index (χ3v) is 6.84. The van der Waals surface area contributed by atoms with E-state index in [9.17, 15) is 18.7 Å². The van der Waals surface area contributed by atoms with Crippen molar-refractivity contribution < 1.29 is 23.4 Å². The maximum Gasteiger partial charge on any atom is 0.338 e. The van der Waals surface area contributed by atoms with Gasteiger partial charge >= 0.3 is 5.97 Å². The van der Waals surface area contributed by atoms with Crippen LogP contribution in [-0.2, 0) is 6.54 Å². The second-order valence-electron chi connectivity index (χ2n) is 8.98. The van der Waals surface area contributed by atoms with Gasteiger partial charge in [0.15, 0.2) is 0 Å². The molecule has 1 spiro atoms. The number of hydrogen-bond donors (Lipinski definition) is 1. The van der Waals surface area contributed by atoms with Crippen LogP contribution >= 0.6 is 11.6 Å². The van der Waals surface area contributed by atoms with Crippen molar-refractivity contribution in [2.45, 2.75) is 44.2 Å². The number of likely N-dealkylation sites (tertiary alicyclic amines) is 1. The van der Waals surface area contributed by atoms with Crippen LogP contribution in [0.4, 0.5) is 8.78 Å². The number of nitrogens with zero attached hydrogens (tertiary/aromatic N) is 1. The fourth-order valence-corrected chi connectivity index (χ4v) is 5.11. The average Bonchev–Trinajstić information content (AvgIpc) is 3.44. The fourth-order valence-electron chi connectivity index (χ4n) is 4.88. The highest BCUT2D eigenvalue weighted by Crippen LogP contribution is 2.52. The normalized spacial score (nSPS) is 20.6. The Balaban J connectivity index is 1.19. The highest BCUT2D eigenvalue weighted by Gasteiger charge is 2.53. The number of halogens is 3. The van der Waals surface area contributed by atoms with Crippen LogP contribution in [0.2, 0.25) is 5.02 Å². The van der Waals surface area contributed by atoms with E-state index in [1.807, 2.05) is 0 Å². The van der Waals surface area contributed by atoms with Crippen LogP contribution in [0, 0.1) is 17.0 Å². The number of rotatable bonds is 6. The summed E-state index contributed by atoms with van der Waals surface area (Å²) in [4.78, 5) is 13.5. The van der Waals surface area contributed by atoms with Crippen LogP contribution in [0.5, 0.6) is 5.75 Å². The van der Waals surface area contributed by atoms with E-state index < -0.39 is 11.8 Å². The molecule has 0 radical (unpaired) electrons. The molecule has 1 aliphatic heterocycles. The molecule has 0 amide bonds. The first-order valence-electron chi connectivity index (χ1n) is 10.2. The average molecular weight is 434 g/mol. The lowest BCUT2D eigenvalue weighted by atomic mass is 9.61. The van der Waals surface area contributed by atoms with Crippen molar-refractivity contribution in [1.82, 2.24) is 4.90 Å². The smallest absolute Gasteiger partial charge is 0.338 e. The number of hydrogen-bond acceptors (Lipinski definition) is 3. The molecule has 2 saturated carbocycles. The van der Waals surface area contributed by atoms with Crippen LogP contribution in [0.1, 0.15) is 53.1 Å². The predicted octanol–water partition coefficient (Wildman–Crippen LogP) is 5.24. The highest BCUT2D eigenvalue weighted by atomic mass is 35.5. The zero-order valence-electron chi connectivity index (χ0n) is 16.3. The van der Waals surface area contributed by atoms with Crippen molar-refractivity contribution in [3.05, 3.63) is 63.7 Å². The quantitative estimate of drug-likeness (QED) is 0.677. The van der Waals surface area contributed by atoms with E-state index >= 15 is 0 Å². The minimum atomic E-state index is -1.25. The maximum absolute atomic E-state index is 14.2. The van der Waals surface area contributed by atoms with Gasteiger partial charge in [0.1, 0.15) is 17.4 Å². The number of ether oxygens (including phenoxy) is 1. The molecule has 0 bridgehead atoms. The Morgan fingerprint density at radius 1 is 1.20 bits per heavy atom. The summed E-state index contributed by atoms with van der Waals surface area (Å²) in [7, 11) is 0. The van der Waals surface area contributed by atoms with Gasteiger partial charge in [-0.25, -0.2) is 13.6 Å². The molecule has 0 atom stereocenters. The van der Waals surface area contributed by atoms with Gasteiger partial charge in [0.2, 0.25) is 0 Å². The molecule has 158 valence electrons. The predicted molar refractivity (Wildman–Crippen MR) is 108 cm³/mol. The number of benzene rings is 2. The van der Waals surface area contributed by atoms with E-state index in [2.05, 4.69) is 4.90 Å². The van der Waals surface area contributed by atoms with Crippen LogP contribution in [0.3, 0.4) is 0 Å². The summed E-state index contributed by atoms with van der Waals surface area (Å²) in [6, 6.07) is 7.18. The molecule has 30 heavy (non-hydrogen) atoms. The first-order valence-corrected chi connectivity index (χ1v) is 10.6. The van der Waals surface area contributed by atoms with Crippen molar-refractivity contribution in [3.63, 3.8) is 0 Å². The van der Waals surface area contributed by atoms with Crippen molar-refractivity contribution in [2.75, 3.05) is 13.1 Å². The molecular weight excluding hydrogens is 412 g/mol. The molecule has 1 saturated heterocycles. The molecule has 1 N–H and O–H groups in total. The van der Waals surface area contributed by atoms with Crippen molar-refractivity contribution >= 4 is 17.6 Å². The van der Waals surface area contributed by atoms with Gasteiger partial charge in [-0.2, -0.15) is 0 Å². The SMILES string of the molecule is O=C(O)c1cc(C2CC2)c(OC2CC3(C2)CN(Cc2ccc(F)cc2Cl)C3)cc1F. The fraction of sp³-hybridized carbons (Fsp3) is 0.435. The molecule has 0 aromatic heterocycles. The lowest BCUT2D eigenvalue weighted by Crippen LogP contribution is -2.64. The minimum absolute atomic E-state index is 0.0223. The molecule has 7 heteroatoms. The summed E-state index contributed by atoms with van der Waals surface area (Å²) < 4.78 is 33.5. The summed E-state index contributed by atoms with van der Waals surface area (Å²) in [5, 5.41) is 9.63. The lowest BCUT2D eigenvalue weighted by Gasteiger charge is -2.58. The second kappa shape index (κ2) is 7.20. The molecule has 2 aromatic carbocycles. The Kier molecular flexibility index (Phi) is 4.75. The summed E-state index contributed by atoms with van der Waals surface area (Å²) in [6.07, 6.45) is 3.78. The number of carboxylic acids is 1. The van der Waals surface area contributed by atoms with Crippen molar-refractivity contribution in [3.8, 4) is 5.75 Å². The molecule has 0 unspecified atom stereocenters. The lowest BCUT2D eigenvalue weighted by molar-refractivity contribution is -0.122. The van der Waals surface area contributed by atoms with Gasteiger partial charge in [-0.15, -0.1) is 0 Å². The molecule has 3 aliphatic rings. The Bertz CT molecular complexity index is 1010. The van der Waals surface area contributed by atoms with E-state index in [0.717, 1.165) is 49.9 Å². The largest absolute Gasteiger partial charge is 0.490 e. The minimum Gasteiger partial charge on any atom is -0.490 e. The summed E-state index contributed by atoms with van der Waals surface area (Å²) in [6.45, 7) is 2.56. The van der Waals surface area contributed by atoms with Gasteiger partial charge < -0.3 is 9.84 Å². The molecule has 4 nitrogen and oxygen atoms in total. The van der Waals surface area contributed by atoms with Crippen LogP contribution in [0.15, 0.2) is 30.3 Å². The van der Waals surface area contributed by atoms with Crippen LogP contribution < -0.4 is 4.74 Å². The molecule has 5 rings (SSSR count). The first-order chi connectivity index (χ1) is 14.3. The zero-order chi connectivity index (χ0) is 21.0. The van der Waals surface area contributed by atoms with Crippen molar-refractivity contribution in [1.29, 1.82) is 0 Å². The molecule has 2 aliphatic carbocycles. The molecule has 1 heterocycles. The Morgan fingerprint density at radius 2 is 1.93 bits per heavy atom. The second-order valence-corrected chi connectivity index (χ2v) is 9.39. The van der Waals surface area contributed by atoms with Crippen molar-refractivity contribution in [2.24, 2.45) is 5.41 Å². The Morgan fingerprint density at radius 3 is 2.57 bits per heavy atom. The number of carboxylic acid groups (broad SMARTS) is 1. The van der Waals surface area contributed by atoms with Gasteiger partial charge in [0.05, 0.1) is 11.7 Å². The summed E-state index contributed by atoms with van der Waals surface area (Å²) >= 11 is 6.12. The van der Waals surface area contributed by atoms with Gasteiger partial charge in [-0.3, -0.25) is 4.90 Å².